The van der Waals surface area contributed by atoms with Gasteiger partial charge in [0.1, 0.15) is 22.6 Å². The third-order valence-corrected chi connectivity index (χ3v) is 8.92. The van der Waals surface area contributed by atoms with E-state index in [2.05, 4.69) is 33.2 Å². The molecule has 2 heterocycles. The third kappa shape index (κ3) is 11.7. The first-order valence-corrected chi connectivity index (χ1v) is 18.0. The number of hydrogen-bond acceptors (Lipinski definition) is 9. The van der Waals surface area contributed by atoms with E-state index < -0.39 is 34.6 Å². The van der Waals surface area contributed by atoms with Crippen molar-refractivity contribution < 1.29 is 28.7 Å². The Morgan fingerprint density at radius 3 is 2.00 bits per heavy atom. The van der Waals surface area contributed by atoms with E-state index in [1.165, 1.54) is 4.57 Å². The Balaban J connectivity index is 1.23. The summed E-state index contributed by atoms with van der Waals surface area (Å²) < 4.78 is 12.1. The Morgan fingerprint density at radius 2 is 1.42 bits per heavy atom. The van der Waals surface area contributed by atoms with Crippen LogP contribution < -0.4 is 27.0 Å². The number of carbonyl (C=O) groups is 4. The fourth-order valence-corrected chi connectivity index (χ4v) is 6.27. The van der Waals surface area contributed by atoms with Gasteiger partial charge in [0.2, 0.25) is 5.91 Å². The van der Waals surface area contributed by atoms with Crippen LogP contribution in [0.25, 0.3) is 5.69 Å². The molecule has 2 fully saturated rings. The molecule has 3 unspecified atom stereocenters. The van der Waals surface area contributed by atoms with E-state index >= 15 is 0 Å². The van der Waals surface area contributed by atoms with Crippen LogP contribution in [0.4, 0.5) is 20.2 Å². The average molecular weight is 725 g/mol. The van der Waals surface area contributed by atoms with Crippen LogP contribution >= 0.6 is 0 Å². The Hall–Kier alpha value is -4.66. The highest BCUT2D eigenvalue weighted by Crippen LogP contribution is 2.25. The second kappa shape index (κ2) is 16.3. The maximum Gasteiger partial charge on any atom is 0.408 e. The van der Waals surface area contributed by atoms with Gasteiger partial charge in [-0.05, 0) is 104 Å². The van der Waals surface area contributed by atoms with Crippen LogP contribution in [0.3, 0.4) is 0 Å². The van der Waals surface area contributed by atoms with Crippen LogP contribution in [0.1, 0.15) is 87.1 Å². The van der Waals surface area contributed by atoms with Gasteiger partial charge in [0, 0.05) is 51.0 Å². The van der Waals surface area contributed by atoms with Crippen LogP contribution in [0.15, 0.2) is 41.3 Å². The van der Waals surface area contributed by atoms with Crippen LogP contribution in [0.5, 0.6) is 0 Å². The summed E-state index contributed by atoms with van der Waals surface area (Å²) in [6, 6.07) is 9.18. The summed E-state index contributed by atoms with van der Waals surface area (Å²) in [7, 11) is 0. The molecule has 0 radical (unpaired) electrons. The van der Waals surface area contributed by atoms with Gasteiger partial charge in [-0.15, -0.1) is 0 Å². The minimum absolute atomic E-state index is 0.0851. The topological polar surface area (TPSA) is 176 Å². The van der Waals surface area contributed by atoms with E-state index in [1.54, 1.807) is 56.7 Å². The summed E-state index contributed by atoms with van der Waals surface area (Å²) >= 11 is 0. The van der Waals surface area contributed by atoms with Gasteiger partial charge in [-0.2, -0.15) is 4.98 Å². The zero-order valence-corrected chi connectivity index (χ0v) is 32.0. The average Bonchev–Trinajstić information content (AvgIpc) is 3.03. The SMILES string of the molecule is CC1CC(NCc2ccc(-n3ccc(NC(=O)N4CCN(C(=O)C(C)(C)NC(=O)OC(C)(C)C)CC4)nc3=O)cc2)CCC1NC(=O)OC(C)(C)C. The summed E-state index contributed by atoms with van der Waals surface area (Å²) in [5.41, 5.74) is -1.24. The molecule has 5 amide bonds. The van der Waals surface area contributed by atoms with Crippen LogP contribution in [-0.2, 0) is 20.8 Å². The van der Waals surface area contributed by atoms with E-state index in [0.717, 1.165) is 24.8 Å². The summed E-state index contributed by atoms with van der Waals surface area (Å²) in [5, 5.41) is 12.0. The van der Waals surface area contributed by atoms with Gasteiger partial charge in [-0.3, -0.25) is 14.7 Å². The molecule has 52 heavy (non-hydrogen) atoms. The molecule has 15 heteroatoms. The molecule has 2 aliphatic rings. The number of alkyl carbamates (subject to hydrolysis) is 2. The van der Waals surface area contributed by atoms with E-state index in [9.17, 15) is 24.0 Å². The van der Waals surface area contributed by atoms with Crippen LogP contribution in [-0.4, -0.2) is 98.5 Å². The Labute approximate surface area is 306 Å². The number of nitrogens with one attached hydrogen (secondary N) is 4. The van der Waals surface area contributed by atoms with Crippen molar-refractivity contribution in [2.24, 2.45) is 5.92 Å². The fraction of sp³-hybridized carbons (Fsp3) is 0.622. The molecular formula is C37H56N8O7. The van der Waals surface area contributed by atoms with Crippen molar-refractivity contribution in [3.05, 3.63) is 52.6 Å². The summed E-state index contributed by atoms with van der Waals surface area (Å²) in [5.74, 6) is 0.151. The lowest BCUT2D eigenvalue weighted by atomic mass is 9.82. The monoisotopic (exact) mass is 724 g/mol. The van der Waals surface area contributed by atoms with Crippen molar-refractivity contribution in [2.45, 2.75) is 117 Å². The molecule has 3 atom stereocenters. The predicted octanol–water partition coefficient (Wildman–Crippen LogP) is 4.38. The number of rotatable bonds is 8. The van der Waals surface area contributed by atoms with Gasteiger partial charge in [0.05, 0.1) is 5.69 Å². The zero-order valence-electron chi connectivity index (χ0n) is 32.0. The molecule has 1 saturated carbocycles. The molecule has 4 N–H and O–H groups in total. The summed E-state index contributed by atoms with van der Waals surface area (Å²) in [6.45, 7) is 17.9. The quantitative estimate of drug-likeness (QED) is 0.308. The molecule has 1 aliphatic carbocycles. The van der Waals surface area contributed by atoms with E-state index in [1.807, 2.05) is 45.0 Å². The minimum atomic E-state index is -1.19. The lowest BCUT2D eigenvalue weighted by Crippen LogP contribution is -2.60. The number of ether oxygens (including phenoxy) is 2. The standard InChI is InChI=1S/C37H56N8O7/c1-24-22-26(12-15-28(24)39-33(49)51-35(2,3)4)38-23-25-10-13-27(14-11-25)45-17-16-29(41-32(45)48)40-31(47)44-20-18-43(19-21-44)30(46)37(8,9)42-34(50)52-36(5,6)7/h10-11,13-14,16-17,24,26,28,38H,12,15,18-23H2,1-9H3,(H,39,49)(H,42,50)(H,40,41,47,48). The van der Waals surface area contributed by atoms with E-state index in [4.69, 9.17) is 9.47 Å². The number of carbonyl (C=O) groups excluding carboxylic acids is 4. The number of urea groups is 1. The lowest BCUT2D eigenvalue weighted by Gasteiger charge is -2.38. The first-order valence-electron chi connectivity index (χ1n) is 18.0. The van der Waals surface area contributed by atoms with E-state index in [-0.39, 0.29) is 50.0 Å². The Morgan fingerprint density at radius 1 is 0.827 bits per heavy atom. The number of hydrogen-bond donors (Lipinski definition) is 4. The van der Waals surface area contributed by atoms with Crippen molar-refractivity contribution in [3.63, 3.8) is 0 Å². The van der Waals surface area contributed by atoms with Crippen molar-refractivity contribution in [1.82, 2.24) is 35.3 Å². The molecule has 15 nitrogen and oxygen atoms in total. The van der Waals surface area contributed by atoms with Crippen molar-refractivity contribution in [3.8, 4) is 5.69 Å². The molecule has 0 bridgehead atoms. The second-order valence-corrected chi connectivity index (χ2v) is 16.2. The van der Waals surface area contributed by atoms with Gasteiger partial charge in [0.25, 0.3) is 0 Å². The minimum Gasteiger partial charge on any atom is -0.444 e. The molecule has 4 rings (SSSR count). The van der Waals surface area contributed by atoms with Gasteiger partial charge in [0.15, 0.2) is 0 Å². The number of anilines is 1. The summed E-state index contributed by atoms with van der Waals surface area (Å²) in [4.78, 5) is 70.7. The zero-order chi connectivity index (χ0) is 38.4. The molecule has 0 spiro atoms. The molecule has 1 aliphatic heterocycles. The van der Waals surface area contributed by atoms with Gasteiger partial charge < -0.3 is 35.2 Å². The molecule has 2 aromatic rings. The second-order valence-electron chi connectivity index (χ2n) is 16.2. The Bertz CT molecular complexity index is 1640. The Kier molecular flexibility index (Phi) is 12.6. The van der Waals surface area contributed by atoms with Gasteiger partial charge >= 0.3 is 23.9 Å². The summed E-state index contributed by atoms with van der Waals surface area (Å²) in [6.07, 6.45) is 3.26. The molecule has 1 saturated heterocycles. The smallest absolute Gasteiger partial charge is 0.408 e. The highest BCUT2D eigenvalue weighted by Gasteiger charge is 2.37. The third-order valence-electron chi connectivity index (χ3n) is 8.92. The van der Waals surface area contributed by atoms with Crippen molar-refractivity contribution in [2.75, 3.05) is 31.5 Å². The highest BCUT2D eigenvalue weighted by atomic mass is 16.6. The van der Waals surface area contributed by atoms with Gasteiger partial charge in [-0.25, -0.2) is 19.2 Å². The fourth-order valence-electron chi connectivity index (χ4n) is 6.27. The normalized spacial score (nSPS) is 19.8. The largest absolute Gasteiger partial charge is 0.444 e. The first-order chi connectivity index (χ1) is 24.2. The van der Waals surface area contributed by atoms with Gasteiger partial charge in [-0.1, -0.05) is 19.1 Å². The number of amides is 5. The molecule has 1 aromatic heterocycles. The number of piperazine rings is 1. The maximum atomic E-state index is 13.1. The highest BCUT2D eigenvalue weighted by molar-refractivity contribution is 5.90. The number of benzene rings is 1. The molecule has 1 aromatic carbocycles. The first kappa shape index (κ1) is 40.1. The van der Waals surface area contributed by atoms with E-state index in [0.29, 0.717) is 24.2 Å². The van der Waals surface area contributed by atoms with Crippen molar-refractivity contribution in [1.29, 1.82) is 0 Å². The lowest BCUT2D eigenvalue weighted by molar-refractivity contribution is -0.138. The number of aromatic nitrogens is 2. The van der Waals surface area contributed by atoms with Crippen LogP contribution in [0.2, 0.25) is 0 Å². The molecule has 286 valence electrons. The predicted molar refractivity (Wildman–Crippen MR) is 197 cm³/mol. The van der Waals surface area contributed by atoms with Crippen LogP contribution in [0, 0.1) is 5.92 Å². The number of nitrogens with zero attached hydrogens (tertiary/aromatic N) is 4. The maximum absolute atomic E-state index is 13.1. The van der Waals surface area contributed by atoms with Crippen molar-refractivity contribution >= 4 is 29.9 Å². The molecular weight excluding hydrogens is 668 g/mol.